The normalized spacial score (nSPS) is 11.6. The number of aryl methyl sites for hydroxylation is 3. The Bertz CT molecular complexity index is 2680. The van der Waals surface area contributed by atoms with Gasteiger partial charge in [-0.2, -0.15) is 0 Å². The van der Waals surface area contributed by atoms with Crippen molar-refractivity contribution in [3.8, 4) is 44.5 Å². The molecule has 6 heterocycles. The summed E-state index contributed by atoms with van der Waals surface area (Å²) in [5, 5.41) is 0. The molecule has 0 saturated carbocycles. The number of fused-ring (bicyclic) bond motifs is 8. The zero-order valence-electron chi connectivity index (χ0n) is 32.6. The van der Waals surface area contributed by atoms with Crippen molar-refractivity contribution in [2.45, 2.75) is 20.8 Å². The second kappa shape index (κ2) is 18.6. The molecule has 0 fully saturated rings. The van der Waals surface area contributed by atoms with E-state index in [1.54, 1.807) is 12.5 Å². The summed E-state index contributed by atoms with van der Waals surface area (Å²) in [5.41, 5.74) is 19.6. The molecule has 0 amide bonds. The molecule has 2 aliphatic rings. The molecule has 0 radical (unpaired) electrons. The van der Waals surface area contributed by atoms with Crippen molar-refractivity contribution in [3.05, 3.63) is 161 Å². The molecule has 8 bridgehead atoms. The summed E-state index contributed by atoms with van der Waals surface area (Å²) in [6, 6.07) is 38.9. The quantitative estimate of drug-likeness (QED) is 0.184. The molecule has 2 N–H and O–H groups in total. The summed E-state index contributed by atoms with van der Waals surface area (Å²) < 4.78 is 9.56. The fraction of sp³-hybridized carbons (Fsp3) is 0.104. The topological polar surface area (TPSA) is 87.3 Å². The SMILES string of the molecule is CS(C)=O.Cc1ccc(-c2c3nc(c(-c4ccncc4)c4nc(c(-c5ccc(C)cc5)c5ccc([nH]5)c(-c5ccc(C)cc5)c5ccc2[nH]5)C=C4)C=C3)cc1.[Cl][Pt][Cl]. The van der Waals surface area contributed by atoms with Gasteiger partial charge in [0.15, 0.2) is 0 Å². The molecule has 0 atom stereocenters. The first-order chi connectivity index (χ1) is 28.1. The van der Waals surface area contributed by atoms with E-state index in [1.807, 2.05) is 24.5 Å². The van der Waals surface area contributed by atoms with Crippen LogP contribution >= 0.6 is 18.8 Å². The summed E-state index contributed by atoms with van der Waals surface area (Å²) in [5.74, 6) is 0. The van der Waals surface area contributed by atoms with Gasteiger partial charge in [0, 0.05) is 80.0 Å². The summed E-state index contributed by atoms with van der Waals surface area (Å²) in [6.45, 7) is 6.36. The van der Waals surface area contributed by atoms with E-state index in [1.165, 1.54) is 16.7 Å². The van der Waals surface area contributed by atoms with Gasteiger partial charge in [-0.15, -0.1) is 0 Å². The Morgan fingerprint density at radius 2 is 0.724 bits per heavy atom. The molecular formula is C48H41Cl2N5OPtS. The van der Waals surface area contributed by atoms with Gasteiger partial charge in [0.1, 0.15) is 0 Å². The van der Waals surface area contributed by atoms with Gasteiger partial charge in [-0.25, -0.2) is 9.97 Å². The van der Waals surface area contributed by atoms with E-state index in [2.05, 4.69) is 157 Å². The molecular weight excluding hydrogens is 961 g/mol. The van der Waals surface area contributed by atoms with Crippen LogP contribution < -0.4 is 0 Å². The first-order valence-corrected chi connectivity index (χ1v) is 26.1. The molecule has 0 aliphatic carbocycles. The van der Waals surface area contributed by atoms with Crippen molar-refractivity contribution in [2.75, 3.05) is 12.5 Å². The van der Waals surface area contributed by atoms with E-state index in [4.69, 9.17) is 28.8 Å². The van der Waals surface area contributed by atoms with Crippen LogP contribution in [0.5, 0.6) is 0 Å². The molecule has 294 valence electrons. The van der Waals surface area contributed by atoms with E-state index < -0.39 is 27.3 Å². The first kappa shape index (κ1) is 41.0. The third-order valence-corrected chi connectivity index (χ3v) is 9.74. The van der Waals surface area contributed by atoms with Gasteiger partial charge < -0.3 is 9.97 Å². The summed E-state index contributed by atoms with van der Waals surface area (Å²) >= 11 is -0.472. The number of benzene rings is 3. The van der Waals surface area contributed by atoms with E-state index >= 15 is 0 Å². The predicted octanol–water partition coefficient (Wildman–Crippen LogP) is 13.0. The average Bonchev–Trinajstić information content (AvgIpc) is 4.06. The Kier molecular flexibility index (Phi) is 13.2. The average molecular weight is 1000 g/mol. The summed E-state index contributed by atoms with van der Waals surface area (Å²) in [4.78, 5) is 22.7. The summed E-state index contributed by atoms with van der Waals surface area (Å²) in [6.07, 6.45) is 15.4. The minimum atomic E-state index is -0.611. The van der Waals surface area contributed by atoms with Gasteiger partial charge in [0.25, 0.3) is 0 Å². The van der Waals surface area contributed by atoms with Gasteiger partial charge in [-0.05, 0) is 104 Å². The Balaban J connectivity index is 0.000000682. The molecule has 7 aromatic rings. The van der Waals surface area contributed by atoms with Crippen LogP contribution in [0.3, 0.4) is 0 Å². The fourth-order valence-corrected chi connectivity index (χ4v) is 7.10. The van der Waals surface area contributed by atoms with Crippen LogP contribution in [0, 0.1) is 20.8 Å². The van der Waals surface area contributed by atoms with Gasteiger partial charge in [-0.1, -0.05) is 89.5 Å². The number of pyridine rings is 1. The number of nitrogens with one attached hydrogen (secondary N) is 2. The number of hydrogen-bond donors (Lipinski definition) is 2. The van der Waals surface area contributed by atoms with Crippen molar-refractivity contribution in [3.63, 3.8) is 0 Å². The van der Waals surface area contributed by atoms with Crippen molar-refractivity contribution >= 4 is 76.0 Å². The van der Waals surface area contributed by atoms with Crippen LogP contribution in [-0.2, 0) is 27.3 Å². The number of aromatic amines is 2. The monoisotopic (exact) mass is 1000 g/mol. The molecule has 4 aromatic heterocycles. The molecule has 3 aromatic carbocycles. The number of rotatable bonds is 4. The van der Waals surface area contributed by atoms with E-state index in [9.17, 15) is 4.21 Å². The van der Waals surface area contributed by atoms with Crippen LogP contribution in [0.25, 0.3) is 90.9 Å². The fourth-order valence-electron chi connectivity index (χ4n) is 7.10. The number of aromatic nitrogens is 5. The first-order valence-electron chi connectivity index (χ1n) is 18.5. The van der Waals surface area contributed by atoms with Crippen LogP contribution in [0.1, 0.15) is 39.5 Å². The molecule has 58 heavy (non-hydrogen) atoms. The van der Waals surface area contributed by atoms with Gasteiger partial charge in [0.05, 0.1) is 22.8 Å². The van der Waals surface area contributed by atoms with Crippen LogP contribution in [-0.4, -0.2) is 41.6 Å². The third-order valence-electron chi connectivity index (χ3n) is 9.74. The number of hydrogen-bond acceptors (Lipinski definition) is 4. The molecule has 2 aliphatic heterocycles. The molecule has 0 saturated heterocycles. The predicted molar refractivity (Wildman–Crippen MR) is 244 cm³/mol. The number of H-pyrrole nitrogens is 2. The van der Waals surface area contributed by atoms with Gasteiger partial charge in [-0.3, -0.25) is 9.19 Å². The third kappa shape index (κ3) is 9.25. The molecule has 9 rings (SSSR count). The molecule has 10 heteroatoms. The van der Waals surface area contributed by atoms with E-state index in [-0.39, 0.29) is 0 Å². The molecule has 0 unspecified atom stereocenters. The van der Waals surface area contributed by atoms with Crippen LogP contribution in [0.2, 0.25) is 0 Å². The van der Waals surface area contributed by atoms with Crippen molar-refractivity contribution < 1.29 is 20.7 Å². The van der Waals surface area contributed by atoms with Crippen molar-refractivity contribution in [1.29, 1.82) is 0 Å². The van der Waals surface area contributed by atoms with Gasteiger partial charge in [0.2, 0.25) is 0 Å². The maximum absolute atomic E-state index is 9.56. The van der Waals surface area contributed by atoms with E-state index in [0.29, 0.717) is 0 Å². The minimum absolute atomic E-state index is 0.472. The Labute approximate surface area is 358 Å². The summed E-state index contributed by atoms with van der Waals surface area (Å²) in [7, 11) is 9.14. The van der Waals surface area contributed by atoms with Crippen LogP contribution in [0.4, 0.5) is 0 Å². The maximum atomic E-state index is 9.56. The second-order valence-corrected chi connectivity index (χ2v) is 18.9. The van der Waals surface area contributed by atoms with Crippen molar-refractivity contribution in [1.82, 2.24) is 24.9 Å². The van der Waals surface area contributed by atoms with Crippen molar-refractivity contribution in [2.24, 2.45) is 0 Å². The van der Waals surface area contributed by atoms with Crippen LogP contribution in [0.15, 0.2) is 122 Å². The zero-order chi connectivity index (χ0) is 40.8. The zero-order valence-corrected chi connectivity index (χ0v) is 37.2. The standard InChI is InChI=1S/C46H35N5.C2H6OS.2ClH.Pt/c1-28-4-10-31(11-5-28)43-35-16-18-37(48-35)44(32-12-6-29(2)7-13-32)39-20-22-41(50-39)46(34-24-26-47-27-25-34)42-23-21-40(51-42)45(38-19-17-36(43)49-38)33-14-8-30(3)9-15-33;1-4(2)3;;;/h4-27,48-49H,1-3H3;1-2H3;2*1H;/q;;;;+2/p-2. The molecule has 6 nitrogen and oxygen atoms in total. The Morgan fingerprint density at radius 1 is 0.448 bits per heavy atom. The Morgan fingerprint density at radius 3 is 1.07 bits per heavy atom. The van der Waals surface area contributed by atoms with E-state index in [0.717, 1.165) is 89.4 Å². The number of halogens is 2. The number of nitrogens with zero attached hydrogens (tertiary/aromatic N) is 3. The molecule has 0 spiro atoms. The Hall–Kier alpha value is -5.17. The van der Waals surface area contributed by atoms with Gasteiger partial charge >= 0.3 is 35.3 Å². The second-order valence-electron chi connectivity index (χ2n) is 14.1.